The van der Waals surface area contributed by atoms with E-state index in [9.17, 15) is 19.1 Å². The molecule has 0 spiro atoms. The van der Waals surface area contributed by atoms with E-state index in [-0.39, 0.29) is 16.9 Å². The van der Waals surface area contributed by atoms with Crippen LogP contribution in [0, 0.1) is 5.82 Å². The van der Waals surface area contributed by atoms with Crippen molar-refractivity contribution in [2.24, 2.45) is 0 Å². The summed E-state index contributed by atoms with van der Waals surface area (Å²) in [5, 5.41) is 11.0. The number of nitrogens with zero attached hydrogens (tertiary/aromatic N) is 3. The van der Waals surface area contributed by atoms with Crippen molar-refractivity contribution in [3.8, 4) is 5.69 Å². The minimum atomic E-state index is -1.06. The van der Waals surface area contributed by atoms with Crippen molar-refractivity contribution in [2.75, 3.05) is 31.1 Å². The number of aromatic nitrogens is 1. The number of rotatable bonds is 5. The summed E-state index contributed by atoms with van der Waals surface area (Å²) >= 11 is 0. The van der Waals surface area contributed by atoms with E-state index in [1.54, 1.807) is 30.3 Å². The van der Waals surface area contributed by atoms with Crippen molar-refractivity contribution in [3.63, 3.8) is 0 Å². The topological polar surface area (TPSA) is 65.8 Å². The molecule has 1 aliphatic heterocycles. The lowest BCUT2D eigenvalue weighted by Gasteiger charge is -2.36. The smallest absolute Gasteiger partial charge is 0.338 e. The highest BCUT2D eigenvalue weighted by molar-refractivity contribution is 6.04. The van der Waals surface area contributed by atoms with Crippen molar-refractivity contribution in [3.05, 3.63) is 106 Å². The zero-order valence-corrected chi connectivity index (χ0v) is 18.5. The monoisotopic (exact) mass is 457 g/mol. The van der Waals surface area contributed by atoms with Crippen LogP contribution in [-0.4, -0.2) is 46.7 Å². The number of pyridine rings is 1. The van der Waals surface area contributed by atoms with Crippen LogP contribution in [0.5, 0.6) is 0 Å². The Labute approximate surface area is 196 Å². The minimum absolute atomic E-state index is 0.145. The van der Waals surface area contributed by atoms with Crippen LogP contribution in [0.15, 0.2) is 83.7 Å². The fourth-order valence-corrected chi connectivity index (χ4v) is 4.69. The summed E-state index contributed by atoms with van der Waals surface area (Å²) in [5.74, 6) is -1.33. The van der Waals surface area contributed by atoms with Crippen molar-refractivity contribution in [2.45, 2.75) is 6.54 Å². The van der Waals surface area contributed by atoms with Gasteiger partial charge in [0.15, 0.2) is 0 Å². The van der Waals surface area contributed by atoms with Crippen molar-refractivity contribution >= 4 is 22.4 Å². The third kappa shape index (κ3) is 4.06. The molecule has 7 heteroatoms. The van der Waals surface area contributed by atoms with E-state index >= 15 is 0 Å². The molecule has 3 aromatic carbocycles. The molecule has 1 fully saturated rings. The molecule has 172 valence electrons. The average molecular weight is 458 g/mol. The molecule has 0 amide bonds. The lowest BCUT2D eigenvalue weighted by molar-refractivity contribution is 0.0695. The van der Waals surface area contributed by atoms with E-state index in [1.165, 1.54) is 16.7 Å². The third-order valence-corrected chi connectivity index (χ3v) is 6.34. The minimum Gasteiger partial charge on any atom is -0.478 e. The fraction of sp³-hybridized carbons (Fsp3) is 0.185. The van der Waals surface area contributed by atoms with Gasteiger partial charge in [0.1, 0.15) is 5.82 Å². The van der Waals surface area contributed by atoms with E-state index in [4.69, 9.17) is 0 Å². The molecule has 0 saturated carbocycles. The van der Waals surface area contributed by atoms with E-state index < -0.39 is 5.97 Å². The molecular formula is C27H24FN3O3. The van der Waals surface area contributed by atoms with Gasteiger partial charge in [0, 0.05) is 54.9 Å². The molecule has 4 aromatic rings. The largest absolute Gasteiger partial charge is 0.478 e. The number of para-hydroxylation sites is 1. The highest BCUT2D eigenvalue weighted by Gasteiger charge is 2.25. The fourth-order valence-electron chi connectivity index (χ4n) is 4.69. The summed E-state index contributed by atoms with van der Waals surface area (Å²) in [7, 11) is 0. The number of fused-ring (bicyclic) bond motifs is 1. The molecule has 0 atom stereocenters. The van der Waals surface area contributed by atoms with Crippen LogP contribution in [0.1, 0.15) is 16.1 Å². The summed E-state index contributed by atoms with van der Waals surface area (Å²) in [4.78, 5) is 30.3. The van der Waals surface area contributed by atoms with Crippen LogP contribution in [0.4, 0.5) is 10.1 Å². The lowest BCUT2D eigenvalue weighted by atomic mass is 10.0. The summed E-state index contributed by atoms with van der Waals surface area (Å²) in [6.07, 6.45) is 0. The van der Waals surface area contributed by atoms with Crippen molar-refractivity contribution in [1.29, 1.82) is 0 Å². The number of hydrogen-bond acceptors (Lipinski definition) is 4. The number of carboxylic acids is 1. The van der Waals surface area contributed by atoms with Crippen molar-refractivity contribution < 1.29 is 14.3 Å². The number of piperazine rings is 1. The van der Waals surface area contributed by atoms with E-state index in [1.807, 2.05) is 36.4 Å². The van der Waals surface area contributed by atoms with E-state index in [0.29, 0.717) is 54.9 Å². The van der Waals surface area contributed by atoms with Gasteiger partial charge < -0.3 is 10.0 Å². The second-order valence-corrected chi connectivity index (χ2v) is 8.39. The molecule has 0 bridgehead atoms. The van der Waals surface area contributed by atoms with Gasteiger partial charge in [-0.15, -0.1) is 0 Å². The molecule has 1 aliphatic rings. The molecule has 1 saturated heterocycles. The third-order valence-electron chi connectivity index (χ3n) is 6.34. The Balaban J connectivity index is 1.55. The lowest BCUT2D eigenvalue weighted by Crippen LogP contribution is -2.46. The van der Waals surface area contributed by atoms with Gasteiger partial charge in [0.05, 0.1) is 11.3 Å². The average Bonchev–Trinajstić information content (AvgIpc) is 2.85. The van der Waals surface area contributed by atoms with Gasteiger partial charge in [-0.1, -0.05) is 42.5 Å². The second kappa shape index (κ2) is 9.11. The maximum Gasteiger partial charge on any atom is 0.338 e. The first kappa shape index (κ1) is 21.9. The van der Waals surface area contributed by atoms with Gasteiger partial charge in [-0.2, -0.15) is 0 Å². The second-order valence-electron chi connectivity index (χ2n) is 8.39. The molecule has 2 heterocycles. The molecule has 0 radical (unpaired) electrons. The highest BCUT2D eigenvalue weighted by Crippen LogP contribution is 2.25. The number of aromatic carboxylic acids is 1. The van der Waals surface area contributed by atoms with Crippen LogP contribution < -0.4 is 10.5 Å². The molecule has 1 N–H and O–H groups in total. The maximum absolute atomic E-state index is 13.7. The highest BCUT2D eigenvalue weighted by atomic mass is 19.1. The van der Waals surface area contributed by atoms with Gasteiger partial charge in [-0.25, -0.2) is 9.18 Å². The Bertz CT molecular complexity index is 1410. The Morgan fingerprint density at radius 3 is 2.15 bits per heavy atom. The van der Waals surface area contributed by atoms with Crippen LogP contribution in [0.2, 0.25) is 0 Å². The maximum atomic E-state index is 13.7. The Kier molecular flexibility index (Phi) is 5.86. The quantitative estimate of drug-likeness (QED) is 0.488. The normalized spacial score (nSPS) is 14.4. The van der Waals surface area contributed by atoms with Gasteiger partial charge in [-0.05, 0) is 36.4 Å². The summed E-state index contributed by atoms with van der Waals surface area (Å²) in [6.45, 7) is 2.98. The zero-order chi connectivity index (χ0) is 23.7. The molecular weight excluding hydrogens is 433 g/mol. The number of anilines is 1. The Morgan fingerprint density at radius 2 is 1.47 bits per heavy atom. The first-order valence-corrected chi connectivity index (χ1v) is 11.2. The molecule has 5 rings (SSSR count). The van der Waals surface area contributed by atoms with Crippen LogP contribution >= 0.6 is 0 Å². The van der Waals surface area contributed by atoms with E-state index in [2.05, 4.69) is 9.80 Å². The molecule has 0 unspecified atom stereocenters. The number of benzene rings is 3. The van der Waals surface area contributed by atoms with Gasteiger partial charge >= 0.3 is 5.97 Å². The van der Waals surface area contributed by atoms with Crippen LogP contribution in [-0.2, 0) is 6.54 Å². The van der Waals surface area contributed by atoms with Gasteiger partial charge in [-0.3, -0.25) is 14.3 Å². The predicted octanol–water partition coefficient (Wildman–Crippen LogP) is 4.15. The summed E-state index contributed by atoms with van der Waals surface area (Å²) < 4.78 is 15.2. The first-order chi connectivity index (χ1) is 16.5. The number of carboxylic acid groups (broad SMARTS) is 1. The molecule has 1 aromatic heterocycles. The SMILES string of the molecule is O=C(O)c1c(CN2CCN(c3cccc(F)c3)CC2)n(-c2ccccc2)c(=O)c2ccccc12. The van der Waals surface area contributed by atoms with E-state index in [0.717, 1.165) is 5.69 Å². The van der Waals surface area contributed by atoms with Crippen LogP contribution in [0.25, 0.3) is 16.5 Å². The zero-order valence-electron chi connectivity index (χ0n) is 18.5. The molecule has 6 nitrogen and oxygen atoms in total. The van der Waals surface area contributed by atoms with Gasteiger partial charge in [0.25, 0.3) is 5.56 Å². The van der Waals surface area contributed by atoms with Gasteiger partial charge in [0.2, 0.25) is 0 Å². The first-order valence-electron chi connectivity index (χ1n) is 11.2. The van der Waals surface area contributed by atoms with Crippen molar-refractivity contribution in [1.82, 2.24) is 9.47 Å². The number of hydrogen-bond donors (Lipinski definition) is 1. The molecule has 0 aliphatic carbocycles. The number of carbonyl (C=O) groups is 1. The number of halogens is 1. The summed E-state index contributed by atoms with van der Waals surface area (Å²) in [5.41, 5.74) is 1.83. The summed E-state index contributed by atoms with van der Waals surface area (Å²) in [6, 6.07) is 22.5. The predicted molar refractivity (Wildman–Crippen MR) is 130 cm³/mol. The Morgan fingerprint density at radius 1 is 0.824 bits per heavy atom. The van der Waals surface area contributed by atoms with Crippen LogP contribution in [0.3, 0.4) is 0 Å². The molecule has 34 heavy (non-hydrogen) atoms. The Hall–Kier alpha value is -3.97. The standard InChI is InChI=1S/C27H24FN3O3/c28-19-7-6-10-21(17-19)30-15-13-29(14-16-30)18-24-25(27(33)34)22-11-4-5-12-23(22)26(32)31(24)20-8-2-1-3-9-20/h1-12,17H,13-16,18H2,(H,33,34).